The Hall–Kier alpha value is -2.47. The highest BCUT2D eigenvalue weighted by Gasteiger charge is 2.31. The molecule has 0 N–H and O–H groups in total. The number of benzene rings is 1. The monoisotopic (exact) mass is 363 g/mol. The molecular weight excluding hydrogens is 338 g/mol. The fourth-order valence-corrected chi connectivity index (χ4v) is 4.53. The van der Waals surface area contributed by atoms with Crippen molar-refractivity contribution in [2.75, 3.05) is 24.7 Å². The average Bonchev–Trinajstić information content (AvgIpc) is 3.12. The molecule has 0 spiro atoms. The number of aromatic nitrogens is 4. The maximum atomic E-state index is 5.52. The Labute approximate surface area is 159 Å². The summed E-state index contributed by atoms with van der Waals surface area (Å²) in [5, 5.41) is 10.4. The zero-order valence-electron chi connectivity index (χ0n) is 15.9. The van der Waals surface area contributed by atoms with E-state index in [0.29, 0.717) is 12.0 Å². The van der Waals surface area contributed by atoms with Gasteiger partial charge < -0.3 is 14.2 Å². The maximum Gasteiger partial charge on any atom is 0.152 e. The molecule has 1 atom stereocenters. The minimum atomic E-state index is 0.342. The second kappa shape index (κ2) is 6.60. The van der Waals surface area contributed by atoms with Crippen molar-refractivity contribution < 1.29 is 4.74 Å². The van der Waals surface area contributed by atoms with Crippen molar-refractivity contribution in [3.63, 3.8) is 0 Å². The maximum absolute atomic E-state index is 5.52. The van der Waals surface area contributed by atoms with Crippen molar-refractivity contribution in [1.82, 2.24) is 19.7 Å². The SMILES string of the molecule is Cc1cc(N2Cc3nnc(C4CCOCC4)n3[C@@H](C)C2)c2ccccc2n1. The van der Waals surface area contributed by atoms with E-state index in [-0.39, 0.29) is 0 Å². The van der Waals surface area contributed by atoms with Crippen LogP contribution in [0, 0.1) is 6.92 Å². The van der Waals surface area contributed by atoms with Crippen LogP contribution in [0.25, 0.3) is 10.9 Å². The van der Waals surface area contributed by atoms with Gasteiger partial charge in [0, 0.05) is 42.4 Å². The van der Waals surface area contributed by atoms with Gasteiger partial charge in [-0.25, -0.2) is 0 Å². The van der Waals surface area contributed by atoms with Crippen molar-refractivity contribution >= 4 is 16.6 Å². The first-order valence-corrected chi connectivity index (χ1v) is 9.83. The minimum Gasteiger partial charge on any atom is -0.381 e. The number of fused-ring (bicyclic) bond motifs is 2. The molecule has 1 aromatic carbocycles. The number of rotatable bonds is 2. The minimum absolute atomic E-state index is 0.342. The molecule has 5 rings (SSSR count). The summed E-state index contributed by atoms with van der Waals surface area (Å²) in [6, 6.07) is 10.9. The van der Waals surface area contributed by atoms with E-state index in [1.165, 1.54) is 11.1 Å². The number of hydrogen-bond donors (Lipinski definition) is 0. The third kappa shape index (κ3) is 2.88. The van der Waals surface area contributed by atoms with E-state index in [1.807, 2.05) is 6.07 Å². The summed E-state index contributed by atoms with van der Waals surface area (Å²) in [7, 11) is 0. The van der Waals surface area contributed by atoms with Crippen molar-refractivity contribution in [2.24, 2.45) is 0 Å². The lowest BCUT2D eigenvalue weighted by atomic mass is 9.98. The number of aryl methyl sites for hydroxylation is 1. The van der Waals surface area contributed by atoms with Crippen LogP contribution in [0.1, 0.15) is 49.1 Å². The topological polar surface area (TPSA) is 56.1 Å². The molecular formula is C21H25N5O. The van der Waals surface area contributed by atoms with Crippen molar-refractivity contribution in [3.05, 3.63) is 47.7 Å². The molecule has 1 fully saturated rings. The molecule has 0 saturated carbocycles. The molecule has 3 aromatic rings. The quantitative estimate of drug-likeness (QED) is 0.696. The third-order valence-corrected chi connectivity index (χ3v) is 5.80. The summed E-state index contributed by atoms with van der Waals surface area (Å²) in [5.41, 5.74) is 3.34. The Morgan fingerprint density at radius 3 is 2.78 bits per heavy atom. The van der Waals surface area contributed by atoms with E-state index >= 15 is 0 Å². The van der Waals surface area contributed by atoms with E-state index < -0.39 is 0 Å². The number of nitrogens with zero attached hydrogens (tertiary/aromatic N) is 5. The molecule has 27 heavy (non-hydrogen) atoms. The van der Waals surface area contributed by atoms with Gasteiger partial charge in [0.15, 0.2) is 5.82 Å². The van der Waals surface area contributed by atoms with Gasteiger partial charge in [0.05, 0.1) is 18.1 Å². The van der Waals surface area contributed by atoms with E-state index in [9.17, 15) is 0 Å². The molecule has 4 heterocycles. The van der Waals surface area contributed by atoms with Crippen LogP contribution >= 0.6 is 0 Å². The second-order valence-corrected chi connectivity index (χ2v) is 7.76. The first-order chi connectivity index (χ1) is 13.2. The van der Waals surface area contributed by atoms with Crippen molar-refractivity contribution in [1.29, 1.82) is 0 Å². The molecule has 0 bridgehead atoms. The fourth-order valence-electron chi connectivity index (χ4n) is 4.53. The summed E-state index contributed by atoms with van der Waals surface area (Å²) in [4.78, 5) is 7.12. The van der Waals surface area contributed by atoms with Gasteiger partial charge in [0.25, 0.3) is 0 Å². The fraction of sp³-hybridized carbons (Fsp3) is 0.476. The van der Waals surface area contributed by atoms with Gasteiger partial charge in [-0.2, -0.15) is 0 Å². The summed E-state index contributed by atoms with van der Waals surface area (Å²) < 4.78 is 7.90. The zero-order chi connectivity index (χ0) is 18.4. The van der Waals surface area contributed by atoms with Crippen LogP contribution in [-0.2, 0) is 11.3 Å². The van der Waals surface area contributed by atoms with Gasteiger partial charge in [-0.05, 0) is 38.8 Å². The first-order valence-electron chi connectivity index (χ1n) is 9.83. The second-order valence-electron chi connectivity index (χ2n) is 7.76. The van der Waals surface area contributed by atoms with E-state index in [1.54, 1.807) is 0 Å². The molecule has 6 nitrogen and oxygen atoms in total. The lowest BCUT2D eigenvalue weighted by Gasteiger charge is -2.36. The number of pyridine rings is 1. The van der Waals surface area contributed by atoms with Gasteiger partial charge in [-0.15, -0.1) is 10.2 Å². The van der Waals surface area contributed by atoms with Crippen molar-refractivity contribution in [2.45, 2.75) is 45.2 Å². The van der Waals surface area contributed by atoms with Crippen molar-refractivity contribution in [3.8, 4) is 0 Å². The summed E-state index contributed by atoms with van der Waals surface area (Å²) in [5.74, 6) is 2.68. The molecule has 0 unspecified atom stereocenters. The van der Waals surface area contributed by atoms with E-state index in [2.05, 4.69) is 62.8 Å². The lowest BCUT2D eigenvalue weighted by Crippen LogP contribution is -2.37. The average molecular weight is 363 g/mol. The Bertz CT molecular complexity index is 976. The number of anilines is 1. The third-order valence-electron chi connectivity index (χ3n) is 5.80. The zero-order valence-corrected chi connectivity index (χ0v) is 15.9. The normalized spacial score (nSPS) is 20.8. The number of para-hydroxylation sites is 1. The Balaban J connectivity index is 1.52. The standard InChI is InChI=1S/C21H25N5O/c1-14-11-19(17-5-3-4-6-18(17)22-14)25-12-15(2)26-20(13-25)23-24-21(26)16-7-9-27-10-8-16/h3-6,11,15-16H,7-10,12-13H2,1-2H3/t15-/m0/s1. The predicted octanol–water partition coefficient (Wildman–Crippen LogP) is 3.61. The molecule has 0 radical (unpaired) electrons. The highest BCUT2D eigenvalue weighted by Crippen LogP contribution is 2.34. The van der Waals surface area contributed by atoms with E-state index in [0.717, 1.165) is 62.0 Å². The van der Waals surface area contributed by atoms with E-state index in [4.69, 9.17) is 4.74 Å². The van der Waals surface area contributed by atoms with Gasteiger partial charge in [-0.3, -0.25) is 4.98 Å². The van der Waals surface area contributed by atoms with Crippen LogP contribution in [0.4, 0.5) is 5.69 Å². The first kappa shape index (κ1) is 16.7. The highest BCUT2D eigenvalue weighted by atomic mass is 16.5. The number of hydrogen-bond acceptors (Lipinski definition) is 5. The Morgan fingerprint density at radius 2 is 1.93 bits per heavy atom. The van der Waals surface area contributed by atoms with Gasteiger partial charge in [0.2, 0.25) is 0 Å². The van der Waals surface area contributed by atoms with Gasteiger partial charge >= 0.3 is 0 Å². The summed E-state index contributed by atoms with van der Waals surface area (Å²) in [6.45, 7) is 7.74. The Morgan fingerprint density at radius 1 is 1.11 bits per heavy atom. The number of ether oxygens (including phenoxy) is 1. The highest BCUT2D eigenvalue weighted by molar-refractivity contribution is 5.92. The van der Waals surface area contributed by atoms with Crippen LogP contribution in [0.3, 0.4) is 0 Å². The van der Waals surface area contributed by atoms with Crippen LogP contribution in [0.5, 0.6) is 0 Å². The van der Waals surface area contributed by atoms with Crippen LogP contribution in [0.15, 0.2) is 30.3 Å². The Kier molecular flexibility index (Phi) is 4.08. The molecule has 140 valence electrons. The largest absolute Gasteiger partial charge is 0.381 e. The van der Waals surface area contributed by atoms with Crippen LogP contribution in [0.2, 0.25) is 0 Å². The predicted molar refractivity (Wildman–Crippen MR) is 105 cm³/mol. The summed E-state index contributed by atoms with van der Waals surface area (Å²) >= 11 is 0. The smallest absolute Gasteiger partial charge is 0.152 e. The van der Waals surface area contributed by atoms with Gasteiger partial charge in [-0.1, -0.05) is 18.2 Å². The molecule has 0 aliphatic carbocycles. The molecule has 6 heteroatoms. The molecule has 2 aliphatic rings. The summed E-state index contributed by atoms with van der Waals surface area (Å²) in [6.07, 6.45) is 2.09. The molecule has 1 saturated heterocycles. The molecule has 0 amide bonds. The van der Waals surface area contributed by atoms with Crippen LogP contribution in [-0.4, -0.2) is 39.5 Å². The van der Waals surface area contributed by atoms with Crippen LogP contribution < -0.4 is 4.90 Å². The molecule has 2 aromatic heterocycles. The van der Waals surface area contributed by atoms with Gasteiger partial charge in [0.1, 0.15) is 5.82 Å². The lowest BCUT2D eigenvalue weighted by molar-refractivity contribution is 0.0823. The molecule has 2 aliphatic heterocycles.